The van der Waals surface area contributed by atoms with Crippen molar-refractivity contribution in [2.45, 2.75) is 129 Å². The van der Waals surface area contributed by atoms with Crippen LogP contribution < -0.4 is 0 Å². The average molecular weight is 341 g/mol. The predicted molar refractivity (Wildman–Crippen MR) is 100 cm³/mol. The Morgan fingerprint density at radius 2 is 1.33 bits per heavy atom. The summed E-state index contributed by atoms with van der Waals surface area (Å²) in [5.74, 6) is -0.0473. The molecule has 1 saturated heterocycles. The first-order chi connectivity index (χ1) is 11.6. The van der Waals surface area contributed by atoms with E-state index >= 15 is 0 Å². The molecule has 1 heterocycles. The SMILES string of the molecule is CCCCCCCCC1OC1CCCCCCCC(=O)OC(C)C. The number of carbonyl (C=O) groups is 1. The summed E-state index contributed by atoms with van der Waals surface area (Å²) in [7, 11) is 0. The monoisotopic (exact) mass is 340 g/mol. The van der Waals surface area contributed by atoms with Crippen molar-refractivity contribution < 1.29 is 14.3 Å². The van der Waals surface area contributed by atoms with Gasteiger partial charge >= 0.3 is 5.97 Å². The topological polar surface area (TPSA) is 38.8 Å². The third kappa shape index (κ3) is 11.9. The fraction of sp³-hybridized carbons (Fsp3) is 0.952. The minimum Gasteiger partial charge on any atom is -0.463 e. The number of rotatable bonds is 16. The lowest BCUT2D eigenvalue weighted by atomic mass is 10.0. The third-order valence-electron chi connectivity index (χ3n) is 4.77. The van der Waals surface area contributed by atoms with Crippen LogP contribution in [0.4, 0.5) is 0 Å². The predicted octanol–water partition coefficient (Wildman–Crippen LogP) is 6.19. The van der Waals surface area contributed by atoms with Crippen LogP contribution in [0.15, 0.2) is 0 Å². The molecule has 0 aromatic rings. The summed E-state index contributed by atoms with van der Waals surface area (Å²) in [4.78, 5) is 11.4. The number of ether oxygens (including phenoxy) is 2. The van der Waals surface area contributed by atoms with Crippen LogP contribution in [0, 0.1) is 0 Å². The van der Waals surface area contributed by atoms with Crippen LogP contribution in [0.1, 0.15) is 111 Å². The van der Waals surface area contributed by atoms with Gasteiger partial charge in [0.1, 0.15) is 0 Å². The second-order valence-corrected chi connectivity index (χ2v) is 7.61. The van der Waals surface area contributed by atoms with Gasteiger partial charge in [0, 0.05) is 6.42 Å². The van der Waals surface area contributed by atoms with Gasteiger partial charge in [-0.15, -0.1) is 0 Å². The summed E-state index contributed by atoms with van der Waals surface area (Å²) in [5, 5.41) is 0. The van der Waals surface area contributed by atoms with E-state index in [0.29, 0.717) is 18.6 Å². The Labute approximate surface area is 149 Å². The molecule has 24 heavy (non-hydrogen) atoms. The molecule has 0 aromatic heterocycles. The molecule has 1 fully saturated rings. The van der Waals surface area contributed by atoms with E-state index in [-0.39, 0.29) is 12.1 Å². The highest BCUT2D eigenvalue weighted by Gasteiger charge is 2.36. The summed E-state index contributed by atoms with van der Waals surface area (Å²) < 4.78 is 10.9. The number of carbonyl (C=O) groups excluding carboxylic acids is 1. The Hall–Kier alpha value is -0.570. The summed E-state index contributed by atoms with van der Waals surface area (Å²) >= 11 is 0. The molecule has 142 valence electrons. The minimum atomic E-state index is -0.0473. The van der Waals surface area contributed by atoms with Gasteiger partial charge in [0.05, 0.1) is 18.3 Å². The molecule has 0 bridgehead atoms. The number of esters is 1. The van der Waals surface area contributed by atoms with E-state index in [0.717, 1.165) is 12.8 Å². The summed E-state index contributed by atoms with van der Waals surface area (Å²) in [6.07, 6.45) is 18.3. The van der Waals surface area contributed by atoms with E-state index in [1.165, 1.54) is 70.6 Å². The quantitative estimate of drug-likeness (QED) is 0.191. The van der Waals surface area contributed by atoms with Crippen LogP contribution in [0.5, 0.6) is 0 Å². The maximum absolute atomic E-state index is 11.4. The van der Waals surface area contributed by atoms with Crippen LogP contribution in [0.25, 0.3) is 0 Å². The second kappa shape index (κ2) is 13.7. The molecule has 3 heteroatoms. The van der Waals surface area contributed by atoms with Crippen molar-refractivity contribution in [3.05, 3.63) is 0 Å². The molecule has 0 N–H and O–H groups in total. The third-order valence-corrected chi connectivity index (χ3v) is 4.77. The molecule has 0 aliphatic carbocycles. The first kappa shape index (κ1) is 21.5. The van der Waals surface area contributed by atoms with Gasteiger partial charge in [-0.1, -0.05) is 71.1 Å². The van der Waals surface area contributed by atoms with E-state index < -0.39 is 0 Å². The Balaban J connectivity index is 1.79. The molecule has 1 aliphatic rings. The second-order valence-electron chi connectivity index (χ2n) is 7.61. The number of unbranched alkanes of at least 4 members (excludes halogenated alkanes) is 9. The molecular weight excluding hydrogens is 300 g/mol. The van der Waals surface area contributed by atoms with E-state index in [1.807, 2.05) is 13.8 Å². The molecule has 0 aromatic carbocycles. The van der Waals surface area contributed by atoms with Gasteiger partial charge in [-0.05, 0) is 33.1 Å². The first-order valence-corrected chi connectivity index (χ1v) is 10.5. The van der Waals surface area contributed by atoms with Crippen molar-refractivity contribution in [3.63, 3.8) is 0 Å². The van der Waals surface area contributed by atoms with Crippen molar-refractivity contribution in [3.8, 4) is 0 Å². The van der Waals surface area contributed by atoms with Crippen molar-refractivity contribution >= 4 is 5.97 Å². The lowest BCUT2D eigenvalue weighted by molar-refractivity contribution is -0.147. The average Bonchev–Trinajstić information content (AvgIpc) is 3.27. The van der Waals surface area contributed by atoms with Gasteiger partial charge in [0.15, 0.2) is 0 Å². The molecule has 1 rings (SSSR count). The van der Waals surface area contributed by atoms with Gasteiger partial charge in [-0.2, -0.15) is 0 Å². The molecule has 0 amide bonds. The lowest BCUT2D eigenvalue weighted by Gasteiger charge is -2.07. The Kier molecular flexibility index (Phi) is 12.2. The van der Waals surface area contributed by atoms with Gasteiger partial charge < -0.3 is 9.47 Å². The highest BCUT2D eigenvalue weighted by Crippen LogP contribution is 2.31. The lowest BCUT2D eigenvalue weighted by Crippen LogP contribution is -2.10. The highest BCUT2D eigenvalue weighted by molar-refractivity contribution is 5.69. The van der Waals surface area contributed by atoms with Crippen molar-refractivity contribution in [1.82, 2.24) is 0 Å². The maximum Gasteiger partial charge on any atom is 0.306 e. The van der Waals surface area contributed by atoms with Gasteiger partial charge in [-0.25, -0.2) is 0 Å². The molecule has 0 saturated carbocycles. The fourth-order valence-electron chi connectivity index (χ4n) is 3.28. The summed E-state index contributed by atoms with van der Waals surface area (Å²) in [5.41, 5.74) is 0. The van der Waals surface area contributed by atoms with Crippen molar-refractivity contribution in [2.75, 3.05) is 0 Å². The number of hydrogen-bond acceptors (Lipinski definition) is 3. The van der Waals surface area contributed by atoms with Gasteiger partial charge in [0.2, 0.25) is 0 Å². The summed E-state index contributed by atoms with van der Waals surface area (Å²) in [6, 6.07) is 0. The molecule has 0 radical (unpaired) electrons. The van der Waals surface area contributed by atoms with E-state index in [1.54, 1.807) is 0 Å². The first-order valence-electron chi connectivity index (χ1n) is 10.5. The highest BCUT2D eigenvalue weighted by atomic mass is 16.6. The molecule has 1 aliphatic heterocycles. The summed E-state index contributed by atoms with van der Waals surface area (Å²) in [6.45, 7) is 6.07. The van der Waals surface area contributed by atoms with Gasteiger partial charge in [-0.3, -0.25) is 4.79 Å². The van der Waals surface area contributed by atoms with Crippen molar-refractivity contribution in [2.24, 2.45) is 0 Å². The molecule has 0 spiro atoms. The van der Waals surface area contributed by atoms with Crippen LogP contribution in [-0.2, 0) is 14.3 Å². The Morgan fingerprint density at radius 3 is 1.88 bits per heavy atom. The van der Waals surface area contributed by atoms with Crippen LogP contribution >= 0.6 is 0 Å². The van der Waals surface area contributed by atoms with E-state index in [4.69, 9.17) is 9.47 Å². The van der Waals surface area contributed by atoms with Crippen LogP contribution in [-0.4, -0.2) is 24.3 Å². The van der Waals surface area contributed by atoms with Crippen molar-refractivity contribution in [1.29, 1.82) is 0 Å². The zero-order chi connectivity index (χ0) is 17.6. The molecule has 2 unspecified atom stereocenters. The Morgan fingerprint density at radius 1 is 0.833 bits per heavy atom. The minimum absolute atomic E-state index is 0.0142. The van der Waals surface area contributed by atoms with Gasteiger partial charge in [0.25, 0.3) is 0 Å². The zero-order valence-corrected chi connectivity index (χ0v) is 16.4. The fourth-order valence-corrected chi connectivity index (χ4v) is 3.28. The standard InChI is InChI=1S/C21H40O3/c1-4-5-6-7-9-12-15-19-20(24-19)16-13-10-8-11-14-17-21(22)23-18(2)3/h18-20H,4-17H2,1-3H3. The van der Waals surface area contributed by atoms with Crippen LogP contribution in [0.2, 0.25) is 0 Å². The molecule has 3 nitrogen and oxygen atoms in total. The largest absolute Gasteiger partial charge is 0.463 e. The van der Waals surface area contributed by atoms with Crippen LogP contribution in [0.3, 0.4) is 0 Å². The van der Waals surface area contributed by atoms with E-state index in [2.05, 4.69) is 6.92 Å². The zero-order valence-electron chi connectivity index (χ0n) is 16.4. The molecule has 2 atom stereocenters. The maximum atomic E-state index is 11.4. The Bertz CT molecular complexity index is 314. The number of hydrogen-bond donors (Lipinski definition) is 0. The van der Waals surface area contributed by atoms with E-state index in [9.17, 15) is 4.79 Å². The smallest absolute Gasteiger partial charge is 0.306 e. The molecular formula is C21H40O3. The normalized spacial score (nSPS) is 19.7. The number of epoxide rings is 1.